The Balaban J connectivity index is 1.47. The van der Waals surface area contributed by atoms with Gasteiger partial charge < -0.3 is 9.80 Å². The fourth-order valence-electron chi connectivity index (χ4n) is 2.96. The summed E-state index contributed by atoms with van der Waals surface area (Å²) >= 11 is 0. The quantitative estimate of drug-likeness (QED) is 0.792. The molecule has 1 aliphatic heterocycles. The van der Waals surface area contributed by atoms with Crippen LogP contribution in [0.4, 0.5) is 4.39 Å². The molecule has 3 nitrogen and oxygen atoms in total. The molecule has 1 fully saturated rings. The highest BCUT2D eigenvalue weighted by Gasteiger charge is 2.23. The Kier molecular flexibility index (Phi) is 4.58. The van der Waals surface area contributed by atoms with Crippen LogP contribution in [0.3, 0.4) is 0 Å². The van der Waals surface area contributed by atoms with Crippen molar-refractivity contribution >= 4 is 0 Å². The molecule has 0 atom stereocenters. The van der Waals surface area contributed by atoms with E-state index >= 15 is 0 Å². The first-order valence-electron chi connectivity index (χ1n) is 7.61. The van der Waals surface area contributed by atoms with Gasteiger partial charge in [0.25, 0.3) is 0 Å². The van der Waals surface area contributed by atoms with Crippen LogP contribution in [-0.2, 0) is 13.1 Å². The number of pyridine rings is 1. The number of quaternary nitrogens is 2. The van der Waals surface area contributed by atoms with Gasteiger partial charge in [0.15, 0.2) is 0 Å². The zero-order valence-electron chi connectivity index (χ0n) is 12.2. The second kappa shape index (κ2) is 6.78. The number of hydrogen-bond donors (Lipinski definition) is 2. The van der Waals surface area contributed by atoms with Crippen molar-refractivity contribution in [2.24, 2.45) is 0 Å². The highest BCUT2D eigenvalue weighted by Crippen LogP contribution is 2.00. The zero-order chi connectivity index (χ0) is 14.5. The third-order valence-corrected chi connectivity index (χ3v) is 4.19. The third-order valence-electron chi connectivity index (χ3n) is 4.19. The Morgan fingerprint density at radius 2 is 1.52 bits per heavy atom. The predicted octanol–water partition coefficient (Wildman–Crippen LogP) is -0.296. The number of benzene rings is 1. The van der Waals surface area contributed by atoms with E-state index < -0.39 is 0 Å². The summed E-state index contributed by atoms with van der Waals surface area (Å²) < 4.78 is 12.9. The Labute approximate surface area is 125 Å². The van der Waals surface area contributed by atoms with Gasteiger partial charge >= 0.3 is 0 Å². The maximum Gasteiger partial charge on any atom is 0.127 e. The Morgan fingerprint density at radius 1 is 0.857 bits per heavy atom. The molecule has 0 saturated carbocycles. The van der Waals surface area contributed by atoms with Crippen molar-refractivity contribution in [3.05, 3.63) is 65.7 Å². The Hall–Kier alpha value is -1.78. The monoisotopic (exact) mass is 287 g/mol. The van der Waals surface area contributed by atoms with Gasteiger partial charge in [-0.05, 0) is 24.3 Å². The lowest BCUT2D eigenvalue weighted by atomic mass is 10.2. The molecule has 0 unspecified atom stereocenters. The van der Waals surface area contributed by atoms with Gasteiger partial charge in [-0.1, -0.05) is 18.2 Å². The van der Waals surface area contributed by atoms with Crippen LogP contribution in [-0.4, -0.2) is 31.2 Å². The molecule has 1 aromatic heterocycles. The maximum absolute atomic E-state index is 12.9. The second-order valence-corrected chi connectivity index (χ2v) is 5.80. The lowest BCUT2D eigenvalue weighted by Crippen LogP contribution is -3.27. The number of hydrogen-bond acceptors (Lipinski definition) is 1. The standard InChI is InChI=1S/C17H20FN3/c18-16-6-4-15(5-7-16)13-20-9-11-21(12-10-20)14-17-3-1-2-8-19-17/h1-8H,9-14H2/p+2. The zero-order valence-corrected chi connectivity index (χ0v) is 12.2. The van der Waals surface area contributed by atoms with Crippen molar-refractivity contribution in [1.29, 1.82) is 0 Å². The number of halogens is 1. The first-order chi connectivity index (χ1) is 10.3. The normalized spacial score (nSPS) is 22.1. The number of nitrogens with one attached hydrogen (secondary N) is 2. The average Bonchev–Trinajstić information content (AvgIpc) is 2.53. The van der Waals surface area contributed by atoms with Crippen LogP contribution < -0.4 is 9.80 Å². The van der Waals surface area contributed by atoms with Gasteiger partial charge in [-0.2, -0.15) is 0 Å². The topological polar surface area (TPSA) is 21.8 Å². The summed E-state index contributed by atoms with van der Waals surface area (Å²) in [6.45, 7) is 6.70. The van der Waals surface area contributed by atoms with Gasteiger partial charge in [0.05, 0.1) is 5.69 Å². The van der Waals surface area contributed by atoms with E-state index in [-0.39, 0.29) is 5.82 Å². The molecule has 3 rings (SSSR count). The summed E-state index contributed by atoms with van der Waals surface area (Å²) in [6.07, 6.45) is 1.87. The summed E-state index contributed by atoms with van der Waals surface area (Å²) in [6, 6.07) is 13.0. The van der Waals surface area contributed by atoms with Crippen molar-refractivity contribution in [2.75, 3.05) is 26.2 Å². The minimum Gasteiger partial charge on any atom is -0.322 e. The second-order valence-electron chi connectivity index (χ2n) is 5.80. The molecule has 4 heteroatoms. The fraction of sp³-hybridized carbons (Fsp3) is 0.353. The van der Waals surface area contributed by atoms with Crippen LogP contribution in [0.15, 0.2) is 48.7 Å². The van der Waals surface area contributed by atoms with Crippen molar-refractivity contribution < 1.29 is 14.2 Å². The van der Waals surface area contributed by atoms with Gasteiger partial charge in [-0.15, -0.1) is 0 Å². The highest BCUT2D eigenvalue weighted by atomic mass is 19.1. The number of nitrogens with zero attached hydrogens (tertiary/aromatic N) is 1. The molecule has 0 amide bonds. The highest BCUT2D eigenvalue weighted by molar-refractivity contribution is 5.14. The Bertz CT molecular complexity index is 548. The minimum atomic E-state index is -0.154. The van der Waals surface area contributed by atoms with Gasteiger partial charge in [-0.25, -0.2) is 4.39 Å². The summed E-state index contributed by atoms with van der Waals surface area (Å²) in [5.74, 6) is -0.154. The summed E-state index contributed by atoms with van der Waals surface area (Å²) in [4.78, 5) is 7.60. The van der Waals surface area contributed by atoms with Crippen molar-refractivity contribution in [1.82, 2.24) is 4.98 Å². The van der Waals surface area contributed by atoms with E-state index in [1.807, 2.05) is 24.4 Å². The van der Waals surface area contributed by atoms with Gasteiger partial charge in [-0.3, -0.25) is 4.98 Å². The summed E-state index contributed by atoms with van der Waals surface area (Å²) in [5, 5.41) is 0. The van der Waals surface area contributed by atoms with Crippen LogP contribution in [0.2, 0.25) is 0 Å². The lowest BCUT2D eigenvalue weighted by Gasteiger charge is -2.29. The smallest absolute Gasteiger partial charge is 0.127 e. The van der Waals surface area contributed by atoms with Crippen LogP contribution >= 0.6 is 0 Å². The van der Waals surface area contributed by atoms with E-state index in [2.05, 4.69) is 17.1 Å². The molecule has 2 heterocycles. The van der Waals surface area contributed by atoms with E-state index in [9.17, 15) is 4.39 Å². The first kappa shape index (κ1) is 14.2. The Morgan fingerprint density at radius 3 is 2.14 bits per heavy atom. The fourth-order valence-corrected chi connectivity index (χ4v) is 2.96. The van der Waals surface area contributed by atoms with Gasteiger partial charge in [0, 0.05) is 11.8 Å². The number of aromatic nitrogens is 1. The van der Waals surface area contributed by atoms with Crippen molar-refractivity contribution in [3.8, 4) is 0 Å². The van der Waals surface area contributed by atoms with Crippen LogP contribution in [0.5, 0.6) is 0 Å². The van der Waals surface area contributed by atoms with Crippen LogP contribution in [0, 0.1) is 5.82 Å². The molecule has 1 aliphatic rings. The molecule has 21 heavy (non-hydrogen) atoms. The molecular weight excluding hydrogens is 265 g/mol. The lowest BCUT2D eigenvalue weighted by molar-refractivity contribution is -1.02. The predicted molar refractivity (Wildman–Crippen MR) is 79.4 cm³/mol. The molecule has 110 valence electrons. The number of rotatable bonds is 4. The van der Waals surface area contributed by atoms with E-state index in [0.29, 0.717) is 0 Å². The minimum absolute atomic E-state index is 0.154. The molecule has 1 saturated heterocycles. The molecular formula is C17H22FN3+2. The van der Waals surface area contributed by atoms with E-state index in [1.165, 1.54) is 37.4 Å². The summed E-state index contributed by atoms with van der Waals surface area (Å²) in [5.41, 5.74) is 2.40. The molecule has 0 bridgehead atoms. The van der Waals surface area contributed by atoms with E-state index in [4.69, 9.17) is 0 Å². The molecule has 0 aliphatic carbocycles. The summed E-state index contributed by atoms with van der Waals surface area (Å²) in [7, 11) is 0. The van der Waals surface area contributed by atoms with Crippen molar-refractivity contribution in [2.45, 2.75) is 13.1 Å². The molecule has 0 spiro atoms. The van der Waals surface area contributed by atoms with Crippen LogP contribution in [0.1, 0.15) is 11.3 Å². The van der Waals surface area contributed by atoms with Crippen molar-refractivity contribution in [3.63, 3.8) is 0 Å². The third kappa shape index (κ3) is 4.09. The maximum atomic E-state index is 12.9. The first-order valence-corrected chi connectivity index (χ1v) is 7.61. The number of piperazine rings is 1. The SMILES string of the molecule is Fc1ccc(C[NH+]2CC[NH+](Cc3ccccn3)CC2)cc1. The van der Waals surface area contributed by atoms with Gasteiger partial charge in [0.2, 0.25) is 0 Å². The average molecular weight is 287 g/mol. The molecule has 1 aromatic carbocycles. The largest absolute Gasteiger partial charge is 0.322 e. The molecule has 2 N–H and O–H groups in total. The van der Waals surface area contributed by atoms with E-state index in [0.717, 1.165) is 13.1 Å². The van der Waals surface area contributed by atoms with Crippen LogP contribution in [0.25, 0.3) is 0 Å². The van der Waals surface area contributed by atoms with E-state index in [1.54, 1.807) is 21.9 Å². The molecule has 2 aromatic rings. The van der Waals surface area contributed by atoms with Gasteiger partial charge in [0.1, 0.15) is 45.1 Å². The molecule has 0 radical (unpaired) electrons.